The van der Waals surface area contributed by atoms with E-state index in [9.17, 15) is 14.9 Å². The summed E-state index contributed by atoms with van der Waals surface area (Å²) in [5.74, 6) is 0.0991. The van der Waals surface area contributed by atoms with Crippen molar-refractivity contribution in [1.82, 2.24) is 10.2 Å². The van der Waals surface area contributed by atoms with Crippen LogP contribution >= 0.6 is 0 Å². The highest BCUT2D eigenvalue weighted by Crippen LogP contribution is 2.24. The van der Waals surface area contributed by atoms with Gasteiger partial charge in [0, 0.05) is 37.8 Å². The molecule has 1 heterocycles. The third-order valence-electron chi connectivity index (χ3n) is 5.03. The van der Waals surface area contributed by atoms with Crippen molar-refractivity contribution < 1.29 is 9.59 Å². The molecule has 1 saturated carbocycles. The van der Waals surface area contributed by atoms with Crippen LogP contribution < -0.4 is 10.2 Å². The summed E-state index contributed by atoms with van der Waals surface area (Å²) >= 11 is 0. The number of amides is 1. The van der Waals surface area contributed by atoms with Gasteiger partial charge < -0.3 is 10.2 Å². The molecular formula is C19H24N4O2. The molecule has 1 atom stereocenters. The van der Waals surface area contributed by atoms with Crippen LogP contribution in [-0.4, -0.2) is 54.9 Å². The molecule has 132 valence electrons. The Morgan fingerprint density at radius 2 is 1.92 bits per heavy atom. The minimum atomic E-state index is -0.137. The fraction of sp³-hybridized carbons (Fsp3) is 0.526. The lowest BCUT2D eigenvalue weighted by Crippen LogP contribution is -2.54. The van der Waals surface area contributed by atoms with Gasteiger partial charge in [-0.2, -0.15) is 5.26 Å². The van der Waals surface area contributed by atoms with Crippen LogP contribution in [0.4, 0.5) is 5.69 Å². The molecule has 1 aromatic rings. The maximum Gasteiger partial charge on any atom is 0.237 e. The van der Waals surface area contributed by atoms with Gasteiger partial charge in [0.25, 0.3) is 0 Å². The highest BCUT2D eigenvalue weighted by Gasteiger charge is 2.30. The lowest BCUT2D eigenvalue weighted by molar-refractivity contribution is -0.126. The molecule has 1 unspecified atom stereocenters. The topological polar surface area (TPSA) is 76.4 Å². The van der Waals surface area contributed by atoms with Crippen molar-refractivity contribution in [2.75, 3.05) is 31.1 Å². The van der Waals surface area contributed by atoms with E-state index in [2.05, 4.69) is 21.2 Å². The number of benzene rings is 1. The lowest BCUT2D eigenvalue weighted by atomic mass is 10.1. The molecule has 3 rings (SSSR count). The molecule has 0 spiro atoms. The number of Topliss-reactive ketones (excluding diaryl/α,β-unsaturated/α-hetero) is 1. The van der Waals surface area contributed by atoms with E-state index >= 15 is 0 Å². The third-order valence-corrected chi connectivity index (χ3v) is 5.03. The zero-order valence-corrected chi connectivity index (χ0v) is 14.8. The first-order valence-electron chi connectivity index (χ1n) is 8.84. The molecule has 1 aliphatic carbocycles. The van der Waals surface area contributed by atoms with Gasteiger partial charge in [0.1, 0.15) is 6.07 Å². The van der Waals surface area contributed by atoms with Crippen molar-refractivity contribution >= 4 is 17.4 Å². The van der Waals surface area contributed by atoms with Crippen LogP contribution in [0.1, 0.15) is 42.6 Å². The van der Waals surface area contributed by atoms with Gasteiger partial charge in [-0.25, -0.2) is 0 Å². The maximum absolute atomic E-state index is 12.2. The second-order valence-electron chi connectivity index (χ2n) is 6.88. The van der Waals surface area contributed by atoms with E-state index in [4.69, 9.17) is 0 Å². The number of nitrogens with one attached hydrogen (secondary N) is 1. The van der Waals surface area contributed by atoms with Gasteiger partial charge in [0.05, 0.1) is 17.3 Å². The summed E-state index contributed by atoms with van der Waals surface area (Å²) in [5.41, 5.74) is 2.01. The number of rotatable bonds is 5. The Kier molecular flexibility index (Phi) is 5.05. The molecule has 6 heteroatoms. The molecule has 1 saturated heterocycles. The summed E-state index contributed by atoms with van der Waals surface area (Å²) < 4.78 is 0. The highest BCUT2D eigenvalue weighted by atomic mass is 16.2. The minimum absolute atomic E-state index is 0.00487. The Hall–Kier alpha value is -2.39. The summed E-state index contributed by atoms with van der Waals surface area (Å²) in [6.07, 6.45) is 2.19. The Balaban J connectivity index is 1.65. The monoisotopic (exact) mass is 340 g/mol. The SMILES string of the molecule is CC(=O)c1ccc(C#N)c(N2CCN(C(C)C(=O)NC3CC3)CC2)c1. The Morgan fingerprint density at radius 3 is 2.48 bits per heavy atom. The van der Waals surface area contributed by atoms with Gasteiger partial charge in [-0.05, 0) is 44.9 Å². The smallest absolute Gasteiger partial charge is 0.237 e. The molecule has 0 bridgehead atoms. The van der Waals surface area contributed by atoms with E-state index in [-0.39, 0.29) is 17.7 Å². The number of piperazine rings is 1. The Morgan fingerprint density at radius 1 is 1.24 bits per heavy atom. The van der Waals surface area contributed by atoms with Crippen molar-refractivity contribution in [3.8, 4) is 6.07 Å². The number of carbonyl (C=O) groups excluding carboxylic acids is 2. The number of ketones is 1. The molecule has 1 aliphatic heterocycles. The number of anilines is 1. The molecule has 1 amide bonds. The standard InChI is InChI=1S/C19H24N4O2/c1-13(19(25)21-17-5-6-17)22-7-9-23(10-8-22)18-11-15(14(2)24)3-4-16(18)12-20/h3-4,11,13,17H,5-10H2,1-2H3,(H,21,25). The predicted molar refractivity (Wildman–Crippen MR) is 95.6 cm³/mol. The molecule has 0 aromatic heterocycles. The van der Waals surface area contributed by atoms with E-state index in [0.717, 1.165) is 44.7 Å². The number of hydrogen-bond donors (Lipinski definition) is 1. The lowest BCUT2D eigenvalue weighted by Gasteiger charge is -2.39. The zero-order valence-electron chi connectivity index (χ0n) is 14.8. The quantitative estimate of drug-likeness (QED) is 0.823. The highest BCUT2D eigenvalue weighted by molar-refractivity contribution is 5.95. The van der Waals surface area contributed by atoms with E-state index < -0.39 is 0 Å². The first-order valence-corrected chi connectivity index (χ1v) is 8.84. The first kappa shape index (κ1) is 17.4. The zero-order chi connectivity index (χ0) is 18.0. The van der Waals surface area contributed by atoms with Crippen LogP contribution in [0.2, 0.25) is 0 Å². The molecule has 25 heavy (non-hydrogen) atoms. The van der Waals surface area contributed by atoms with Crippen LogP contribution in [-0.2, 0) is 4.79 Å². The Bertz CT molecular complexity index is 713. The molecule has 1 N–H and O–H groups in total. The summed E-state index contributed by atoms with van der Waals surface area (Å²) in [6.45, 7) is 6.46. The van der Waals surface area contributed by atoms with Gasteiger partial charge in [-0.15, -0.1) is 0 Å². The summed E-state index contributed by atoms with van der Waals surface area (Å²) in [6, 6.07) is 7.67. The number of hydrogen-bond acceptors (Lipinski definition) is 5. The van der Waals surface area contributed by atoms with Crippen molar-refractivity contribution in [3.63, 3.8) is 0 Å². The van der Waals surface area contributed by atoms with E-state index in [1.54, 1.807) is 18.2 Å². The fourth-order valence-electron chi connectivity index (χ4n) is 3.17. The molecule has 2 fully saturated rings. The second-order valence-corrected chi connectivity index (χ2v) is 6.88. The van der Waals surface area contributed by atoms with E-state index in [1.807, 2.05) is 6.92 Å². The third kappa shape index (κ3) is 3.99. The number of nitrogens with zero attached hydrogens (tertiary/aromatic N) is 3. The van der Waals surface area contributed by atoms with Gasteiger partial charge in [0.2, 0.25) is 5.91 Å². The average molecular weight is 340 g/mol. The largest absolute Gasteiger partial charge is 0.368 e. The summed E-state index contributed by atoms with van der Waals surface area (Å²) in [4.78, 5) is 28.2. The van der Waals surface area contributed by atoms with Crippen molar-refractivity contribution in [2.45, 2.75) is 38.8 Å². The average Bonchev–Trinajstić information content (AvgIpc) is 3.44. The number of carbonyl (C=O) groups is 2. The maximum atomic E-state index is 12.2. The van der Waals surface area contributed by atoms with Crippen molar-refractivity contribution in [3.05, 3.63) is 29.3 Å². The van der Waals surface area contributed by atoms with E-state index in [0.29, 0.717) is 17.2 Å². The van der Waals surface area contributed by atoms with Crippen LogP contribution in [0, 0.1) is 11.3 Å². The molecule has 6 nitrogen and oxygen atoms in total. The van der Waals surface area contributed by atoms with Crippen molar-refractivity contribution in [1.29, 1.82) is 5.26 Å². The van der Waals surface area contributed by atoms with Gasteiger partial charge in [-0.1, -0.05) is 0 Å². The second kappa shape index (κ2) is 7.24. The Labute approximate surface area is 148 Å². The summed E-state index contributed by atoms with van der Waals surface area (Å²) in [5, 5.41) is 12.4. The van der Waals surface area contributed by atoms with Gasteiger partial charge >= 0.3 is 0 Å². The minimum Gasteiger partial charge on any atom is -0.368 e. The van der Waals surface area contributed by atoms with Crippen LogP contribution in [0.3, 0.4) is 0 Å². The first-order chi connectivity index (χ1) is 12.0. The molecule has 2 aliphatic rings. The normalized spacial score (nSPS) is 19.2. The number of nitriles is 1. The molecular weight excluding hydrogens is 316 g/mol. The van der Waals surface area contributed by atoms with Crippen LogP contribution in [0.5, 0.6) is 0 Å². The van der Waals surface area contributed by atoms with Crippen LogP contribution in [0.25, 0.3) is 0 Å². The predicted octanol–water partition coefficient (Wildman–Crippen LogP) is 1.55. The molecule has 0 radical (unpaired) electrons. The van der Waals surface area contributed by atoms with Crippen molar-refractivity contribution in [2.24, 2.45) is 0 Å². The van der Waals surface area contributed by atoms with Gasteiger partial charge in [0.15, 0.2) is 5.78 Å². The van der Waals surface area contributed by atoms with Gasteiger partial charge in [-0.3, -0.25) is 14.5 Å². The van der Waals surface area contributed by atoms with Crippen LogP contribution in [0.15, 0.2) is 18.2 Å². The fourth-order valence-corrected chi connectivity index (χ4v) is 3.17. The molecule has 1 aromatic carbocycles. The summed E-state index contributed by atoms with van der Waals surface area (Å²) in [7, 11) is 0. The van der Waals surface area contributed by atoms with E-state index in [1.165, 1.54) is 6.92 Å².